The number of hydrogen-bond acceptors (Lipinski definition) is 6. The number of hydrogen-bond donors (Lipinski definition) is 2. The molecule has 1 aliphatic heterocycles. The first-order valence-corrected chi connectivity index (χ1v) is 9.53. The van der Waals surface area contributed by atoms with Crippen molar-refractivity contribution in [1.82, 2.24) is 10.6 Å². The predicted molar refractivity (Wildman–Crippen MR) is 112 cm³/mol. The molecule has 1 aliphatic rings. The molecular formula is C21H22N2O5S. The van der Waals surface area contributed by atoms with E-state index in [1.165, 1.54) is 7.11 Å². The molecule has 0 unspecified atom stereocenters. The van der Waals surface area contributed by atoms with E-state index in [1.807, 2.05) is 30.3 Å². The molecule has 1 heterocycles. The molecule has 2 N–H and O–H groups in total. The fraction of sp³-hybridized carbons (Fsp3) is 0.286. The number of ether oxygens (including phenoxy) is 3. The van der Waals surface area contributed by atoms with Crippen LogP contribution in [0.1, 0.15) is 25.5 Å². The molecule has 7 nitrogen and oxygen atoms in total. The van der Waals surface area contributed by atoms with Crippen molar-refractivity contribution in [1.29, 1.82) is 0 Å². The summed E-state index contributed by atoms with van der Waals surface area (Å²) in [4.78, 5) is 24.4. The van der Waals surface area contributed by atoms with E-state index in [4.69, 9.17) is 21.7 Å². The minimum absolute atomic E-state index is 0.244. The van der Waals surface area contributed by atoms with Gasteiger partial charge < -0.3 is 24.8 Å². The van der Waals surface area contributed by atoms with Gasteiger partial charge in [0.1, 0.15) is 5.75 Å². The van der Waals surface area contributed by atoms with Gasteiger partial charge in [0.2, 0.25) is 0 Å². The number of thiocarbonyl (C=S) groups is 1. The Morgan fingerprint density at radius 1 is 1.17 bits per heavy atom. The Kier molecular flexibility index (Phi) is 6.33. The zero-order valence-electron chi connectivity index (χ0n) is 16.4. The number of carbonyl (C=O) groups is 2. The summed E-state index contributed by atoms with van der Waals surface area (Å²) in [6.07, 6.45) is 0. The molecule has 0 saturated carbocycles. The predicted octanol–water partition coefficient (Wildman–Crippen LogP) is 2.75. The number of methoxy groups -OCH3 is 1. The van der Waals surface area contributed by atoms with Gasteiger partial charge in [0.05, 0.1) is 25.3 Å². The van der Waals surface area contributed by atoms with Crippen molar-refractivity contribution in [2.45, 2.75) is 19.9 Å². The highest BCUT2D eigenvalue weighted by Gasteiger charge is 2.34. The van der Waals surface area contributed by atoms with Crippen molar-refractivity contribution in [3.8, 4) is 5.75 Å². The van der Waals surface area contributed by atoms with Gasteiger partial charge in [0.25, 0.3) is 0 Å². The van der Waals surface area contributed by atoms with Crippen LogP contribution in [-0.2, 0) is 19.1 Å². The highest BCUT2D eigenvalue weighted by atomic mass is 32.1. The molecular weight excluding hydrogens is 392 g/mol. The van der Waals surface area contributed by atoms with Crippen molar-refractivity contribution in [3.05, 3.63) is 53.2 Å². The third-order valence-electron chi connectivity index (χ3n) is 4.56. The first-order valence-electron chi connectivity index (χ1n) is 9.13. The normalized spacial score (nSPS) is 16.1. The van der Waals surface area contributed by atoms with Gasteiger partial charge in [0.15, 0.2) is 11.7 Å². The zero-order chi connectivity index (χ0) is 21.0. The summed E-state index contributed by atoms with van der Waals surface area (Å²) in [5.74, 6) is -0.509. The summed E-state index contributed by atoms with van der Waals surface area (Å²) in [6.45, 7) is 3.51. The molecule has 0 amide bonds. The first-order chi connectivity index (χ1) is 14.0. The molecule has 152 valence electrons. The lowest BCUT2D eigenvalue weighted by atomic mass is 9.90. The second-order valence-corrected chi connectivity index (χ2v) is 6.76. The van der Waals surface area contributed by atoms with E-state index in [-0.39, 0.29) is 13.2 Å². The Morgan fingerprint density at radius 3 is 2.66 bits per heavy atom. The van der Waals surface area contributed by atoms with Crippen LogP contribution in [0.4, 0.5) is 0 Å². The van der Waals surface area contributed by atoms with Crippen LogP contribution in [0, 0.1) is 0 Å². The lowest BCUT2D eigenvalue weighted by molar-refractivity contribution is -0.143. The molecule has 0 spiro atoms. The van der Waals surface area contributed by atoms with Gasteiger partial charge in [-0.1, -0.05) is 30.3 Å². The Hall–Kier alpha value is -3.13. The maximum absolute atomic E-state index is 12.7. The number of rotatable bonds is 6. The molecule has 0 fully saturated rings. The number of esters is 2. The number of nitrogens with one attached hydrogen (secondary N) is 2. The Morgan fingerprint density at radius 2 is 1.93 bits per heavy atom. The smallest absolute Gasteiger partial charge is 0.343 e. The van der Waals surface area contributed by atoms with Gasteiger partial charge in [-0.3, -0.25) is 0 Å². The van der Waals surface area contributed by atoms with Crippen molar-refractivity contribution in [3.63, 3.8) is 0 Å². The Bertz CT molecular complexity index is 1000. The van der Waals surface area contributed by atoms with Crippen LogP contribution in [0.15, 0.2) is 47.7 Å². The van der Waals surface area contributed by atoms with Crippen molar-refractivity contribution in [2.24, 2.45) is 0 Å². The van der Waals surface area contributed by atoms with E-state index < -0.39 is 18.0 Å². The summed E-state index contributed by atoms with van der Waals surface area (Å²) < 4.78 is 15.7. The maximum atomic E-state index is 12.7. The summed E-state index contributed by atoms with van der Waals surface area (Å²) >= 11 is 5.33. The van der Waals surface area contributed by atoms with Crippen LogP contribution in [0.3, 0.4) is 0 Å². The number of benzene rings is 2. The summed E-state index contributed by atoms with van der Waals surface area (Å²) in [5, 5.41) is 8.34. The van der Waals surface area contributed by atoms with Crippen LogP contribution in [0.25, 0.3) is 10.8 Å². The van der Waals surface area contributed by atoms with Crippen LogP contribution in [-0.4, -0.2) is 37.4 Å². The zero-order valence-corrected chi connectivity index (χ0v) is 17.2. The fourth-order valence-corrected chi connectivity index (χ4v) is 3.56. The highest BCUT2D eigenvalue weighted by Crippen LogP contribution is 2.38. The average molecular weight is 414 g/mol. The van der Waals surface area contributed by atoms with Gasteiger partial charge in [-0.05, 0) is 42.9 Å². The lowest BCUT2D eigenvalue weighted by Gasteiger charge is -2.31. The molecule has 29 heavy (non-hydrogen) atoms. The van der Waals surface area contributed by atoms with Gasteiger partial charge in [-0.25, -0.2) is 9.59 Å². The third-order valence-corrected chi connectivity index (χ3v) is 4.78. The number of fused-ring (bicyclic) bond motifs is 1. The third kappa shape index (κ3) is 4.32. The average Bonchev–Trinajstić information content (AvgIpc) is 2.70. The topological polar surface area (TPSA) is 85.9 Å². The van der Waals surface area contributed by atoms with E-state index in [0.29, 0.717) is 27.7 Å². The molecule has 0 aliphatic carbocycles. The minimum Gasteiger partial charge on any atom is -0.482 e. The standard InChI is InChI=1S/C21H22N2O5S/c1-4-27-20(25)17-12(2)22-21(29)23-19(17)18-14-8-6-5-7-13(14)9-10-15(18)28-11-16(24)26-3/h5-10,19H,4,11H2,1-3H3,(H2,22,23,29)/t19-/m1/s1. The van der Waals surface area contributed by atoms with Crippen LogP contribution in [0.2, 0.25) is 0 Å². The van der Waals surface area contributed by atoms with Crippen molar-refractivity contribution >= 4 is 40.0 Å². The van der Waals surface area contributed by atoms with Gasteiger partial charge in [-0.15, -0.1) is 0 Å². The maximum Gasteiger partial charge on any atom is 0.343 e. The van der Waals surface area contributed by atoms with Crippen LogP contribution in [0.5, 0.6) is 5.75 Å². The number of carbonyl (C=O) groups excluding carboxylic acids is 2. The van der Waals surface area contributed by atoms with Gasteiger partial charge in [-0.2, -0.15) is 0 Å². The highest BCUT2D eigenvalue weighted by molar-refractivity contribution is 7.80. The minimum atomic E-state index is -0.610. The van der Waals surface area contributed by atoms with E-state index >= 15 is 0 Å². The van der Waals surface area contributed by atoms with Gasteiger partial charge in [0, 0.05) is 11.3 Å². The summed E-state index contributed by atoms with van der Waals surface area (Å²) in [5.41, 5.74) is 1.70. The molecule has 2 aromatic rings. The second-order valence-electron chi connectivity index (χ2n) is 6.35. The largest absolute Gasteiger partial charge is 0.482 e. The second kappa shape index (κ2) is 8.91. The lowest BCUT2D eigenvalue weighted by Crippen LogP contribution is -2.45. The van der Waals surface area contributed by atoms with Crippen LogP contribution >= 0.6 is 12.2 Å². The fourth-order valence-electron chi connectivity index (χ4n) is 3.28. The van der Waals surface area contributed by atoms with Crippen molar-refractivity contribution in [2.75, 3.05) is 20.3 Å². The Labute approximate surface area is 174 Å². The molecule has 0 bridgehead atoms. The monoisotopic (exact) mass is 414 g/mol. The van der Waals surface area contributed by atoms with E-state index in [9.17, 15) is 9.59 Å². The molecule has 0 aromatic heterocycles. The van der Waals surface area contributed by atoms with E-state index in [1.54, 1.807) is 19.9 Å². The first kappa shape index (κ1) is 20.6. The van der Waals surface area contributed by atoms with E-state index in [0.717, 1.165) is 10.8 Å². The molecule has 3 rings (SSSR count). The Balaban J connectivity index is 2.18. The van der Waals surface area contributed by atoms with Crippen molar-refractivity contribution < 1.29 is 23.8 Å². The molecule has 8 heteroatoms. The molecule has 1 atom stereocenters. The summed E-state index contributed by atoms with van der Waals surface area (Å²) in [6, 6.07) is 10.8. The van der Waals surface area contributed by atoms with Gasteiger partial charge >= 0.3 is 11.9 Å². The van der Waals surface area contributed by atoms with E-state index in [2.05, 4.69) is 15.4 Å². The molecule has 0 saturated heterocycles. The van der Waals surface area contributed by atoms with Crippen LogP contribution < -0.4 is 15.4 Å². The number of allylic oxidation sites excluding steroid dienone is 1. The SMILES string of the molecule is CCOC(=O)C1=C(C)NC(=S)N[C@H]1c1c(OCC(=O)OC)ccc2ccccc12. The summed E-state index contributed by atoms with van der Waals surface area (Å²) in [7, 11) is 1.30. The quantitative estimate of drug-likeness (QED) is 0.551. The molecule has 0 radical (unpaired) electrons. The molecule has 2 aromatic carbocycles.